The van der Waals surface area contributed by atoms with Crippen molar-refractivity contribution < 1.29 is 13.5 Å². The Morgan fingerprint density at radius 3 is 2.57 bits per heavy atom. The summed E-state index contributed by atoms with van der Waals surface area (Å²) in [5.41, 5.74) is 1.84. The molecule has 0 bridgehead atoms. The molecule has 1 unspecified atom stereocenters. The van der Waals surface area contributed by atoms with Gasteiger partial charge >= 0.3 is 0 Å². The standard InChI is InChI=1S/C21H28F2N6O/c1-13-10-14(2)29(28-13)19-11-18(24-12-17-5-4-15(3)30-17)26-20(27-19)25-16-6-8-21(22,23)9-7-16/h10-12,15-16H,4-9H2,1-3H3,(H2,24,25,26,27)/b17-12+. The van der Waals surface area contributed by atoms with Gasteiger partial charge in [0, 0.05) is 43.3 Å². The van der Waals surface area contributed by atoms with Crippen molar-refractivity contribution >= 4 is 11.8 Å². The van der Waals surface area contributed by atoms with E-state index >= 15 is 0 Å². The molecular formula is C21H28F2N6O. The lowest BCUT2D eigenvalue weighted by Gasteiger charge is -2.28. The van der Waals surface area contributed by atoms with Crippen molar-refractivity contribution in [1.29, 1.82) is 0 Å². The van der Waals surface area contributed by atoms with E-state index in [1.165, 1.54) is 0 Å². The molecule has 0 amide bonds. The van der Waals surface area contributed by atoms with E-state index < -0.39 is 5.92 Å². The lowest BCUT2D eigenvalue weighted by molar-refractivity contribution is -0.0361. The van der Waals surface area contributed by atoms with Crippen LogP contribution in [0.2, 0.25) is 0 Å². The first-order chi connectivity index (χ1) is 14.3. The van der Waals surface area contributed by atoms with Crippen LogP contribution in [0.15, 0.2) is 24.1 Å². The van der Waals surface area contributed by atoms with Crippen molar-refractivity contribution in [3.05, 3.63) is 35.5 Å². The van der Waals surface area contributed by atoms with Crippen LogP contribution < -0.4 is 10.6 Å². The molecule has 2 fully saturated rings. The smallest absolute Gasteiger partial charge is 0.248 e. The topological polar surface area (TPSA) is 76.9 Å². The van der Waals surface area contributed by atoms with Gasteiger partial charge in [-0.1, -0.05) is 0 Å². The van der Waals surface area contributed by atoms with Crippen LogP contribution in [0.1, 0.15) is 56.8 Å². The number of allylic oxidation sites excluding steroid dienone is 1. The van der Waals surface area contributed by atoms with Crippen molar-refractivity contribution in [1.82, 2.24) is 19.7 Å². The van der Waals surface area contributed by atoms with Gasteiger partial charge in [-0.15, -0.1) is 0 Å². The fourth-order valence-corrected chi connectivity index (χ4v) is 3.89. The van der Waals surface area contributed by atoms with E-state index in [1.807, 2.05) is 39.1 Å². The molecule has 3 heterocycles. The van der Waals surface area contributed by atoms with E-state index in [9.17, 15) is 8.78 Å². The summed E-state index contributed by atoms with van der Waals surface area (Å²) in [6, 6.07) is 3.71. The van der Waals surface area contributed by atoms with Crippen LogP contribution in [0.25, 0.3) is 5.82 Å². The number of ether oxygens (including phenoxy) is 1. The first kappa shape index (κ1) is 20.6. The van der Waals surface area contributed by atoms with E-state index in [4.69, 9.17) is 4.74 Å². The number of aryl methyl sites for hydroxylation is 2. The monoisotopic (exact) mass is 418 g/mol. The molecule has 0 radical (unpaired) electrons. The Labute approximate surface area is 174 Å². The average molecular weight is 418 g/mol. The van der Waals surface area contributed by atoms with E-state index in [-0.39, 0.29) is 25.0 Å². The molecule has 1 aliphatic carbocycles. The molecule has 0 spiro atoms. The predicted molar refractivity (Wildman–Crippen MR) is 111 cm³/mol. The van der Waals surface area contributed by atoms with Gasteiger partial charge in [0.1, 0.15) is 11.6 Å². The van der Waals surface area contributed by atoms with Crippen LogP contribution in [0.3, 0.4) is 0 Å². The zero-order chi connectivity index (χ0) is 21.3. The molecule has 1 saturated heterocycles. The summed E-state index contributed by atoms with van der Waals surface area (Å²) in [6.45, 7) is 5.93. The van der Waals surface area contributed by atoms with Crippen molar-refractivity contribution in [2.75, 3.05) is 10.6 Å². The minimum Gasteiger partial charge on any atom is -0.494 e. The molecule has 4 rings (SSSR count). The van der Waals surface area contributed by atoms with E-state index in [2.05, 4.69) is 25.7 Å². The second-order valence-corrected chi connectivity index (χ2v) is 8.27. The zero-order valence-corrected chi connectivity index (χ0v) is 17.6. The first-order valence-corrected chi connectivity index (χ1v) is 10.5. The molecule has 2 N–H and O–H groups in total. The Morgan fingerprint density at radius 1 is 1.17 bits per heavy atom. The van der Waals surface area contributed by atoms with Gasteiger partial charge in [0.25, 0.3) is 0 Å². The maximum atomic E-state index is 13.5. The van der Waals surface area contributed by atoms with Gasteiger partial charge < -0.3 is 15.4 Å². The number of aromatic nitrogens is 4. The van der Waals surface area contributed by atoms with Gasteiger partial charge in [0.15, 0.2) is 5.82 Å². The van der Waals surface area contributed by atoms with Gasteiger partial charge in [-0.3, -0.25) is 0 Å². The first-order valence-electron chi connectivity index (χ1n) is 10.5. The van der Waals surface area contributed by atoms with E-state index in [0.29, 0.717) is 30.4 Å². The van der Waals surface area contributed by atoms with Gasteiger partial charge in [-0.2, -0.15) is 15.1 Å². The van der Waals surface area contributed by atoms with Crippen LogP contribution in [0.5, 0.6) is 0 Å². The highest BCUT2D eigenvalue weighted by atomic mass is 19.3. The number of hydrogen-bond acceptors (Lipinski definition) is 6. The van der Waals surface area contributed by atoms with E-state index in [1.54, 1.807) is 4.68 Å². The molecular weight excluding hydrogens is 390 g/mol. The average Bonchev–Trinajstić information content (AvgIpc) is 3.26. The fourth-order valence-electron chi connectivity index (χ4n) is 3.89. The summed E-state index contributed by atoms with van der Waals surface area (Å²) in [6.07, 6.45) is 4.46. The van der Waals surface area contributed by atoms with Crippen LogP contribution in [0.4, 0.5) is 20.5 Å². The Morgan fingerprint density at radius 2 is 1.93 bits per heavy atom. The molecule has 162 valence electrons. The van der Waals surface area contributed by atoms with Gasteiger partial charge in [-0.25, -0.2) is 13.5 Å². The highest BCUT2D eigenvalue weighted by Crippen LogP contribution is 2.34. The summed E-state index contributed by atoms with van der Waals surface area (Å²) in [5, 5.41) is 10.9. The summed E-state index contributed by atoms with van der Waals surface area (Å²) in [5.74, 6) is -0.0793. The third-order valence-electron chi connectivity index (χ3n) is 5.52. The molecule has 2 aromatic rings. The normalized spacial score (nSPS) is 22.8. The van der Waals surface area contributed by atoms with Crippen LogP contribution in [-0.2, 0) is 4.74 Å². The SMILES string of the molecule is Cc1cc(C)n(-c2cc(N/C=C3\CCC(C)O3)nc(NC3CCC(F)(F)CC3)n2)n1. The van der Waals surface area contributed by atoms with Crippen molar-refractivity contribution in [3.8, 4) is 5.82 Å². The van der Waals surface area contributed by atoms with Crippen LogP contribution >= 0.6 is 0 Å². The Kier molecular flexibility index (Phi) is 5.62. The maximum absolute atomic E-state index is 13.5. The molecule has 30 heavy (non-hydrogen) atoms. The largest absolute Gasteiger partial charge is 0.494 e. The van der Waals surface area contributed by atoms with Crippen LogP contribution in [0, 0.1) is 13.8 Å². The molecule has 7 nitrogen and oxygen atoms in total. The fraction of sp³-hybridized carbons (Fsp3) is 0.571. The van der Waals surface area contributed by atoms with Gasteiger partial charge in [-0.05, 0) is 46.1 Å². The van der Waals surface area contributed by atoms with Gasteiger partial charge in [0.05, 0.1) is 11.8 Å². The Bertz CT molecular complexity index is 932. The number of rotatable bonds is 5. The molecule has 2 aromatic heterocycles. The van der Waals surface area contributed by atoms with Crippen molar-refractivity contribution in [3.63, 3.8) is 0 Å². The quantitative estimate of drug-likeness (QED) is 0.732. The highest BCUT2D eigenvalue weighted by Gasteiger charge is 2.35. The Hall–Kier alpha value is -2.71. The van der Waals surface area contributed by atoms with Crippen molar-refractivity contribution in [2.24, 2.45) is 0 Å². The third-order valence-corrected chi connectivity index (χ3v) is 5.52. The summed E-state index contributed by atoms with van der Waals surface area (Å²) in [4.78, 5) is 9.14. The summed E-state index contributed by atoms with van der Waals surface area (Å²) < 4.78 is 34.5. The van der Waals surface area contributed by atoms with Crippen LogP contribution in [-0.4, -0.2) is 37.8 Å². The molecule has 1 saturated carbocycles. The lowest BCUT2D eigenvalue weighted by atomic mass is 9.92. The number of nitrogens with zero attached hydrogens (tertiary/aromatic N) is 4. The number of alkyl halides is 2. The zero-order valence-electron chi connectivity index (χ0n) is 17.6. The molecule has 2 aliphatic rings. The Balaban J connectivity index is 1.58. The second-order valence-electron chi connectivity index (χ2n) is 8.27. The number of anilines is 2. The lowest BCUT2D eigenvalue weighted by Crippen LogP contribution is -2.32. The van der Waals surface area contributed by atoms with Crippen molar-refractivity contribution in [2.45, 2.75) is 77.4 Å². The second kappa shape index (κ2) is 8.20. The molecule has 9 heteroatoms. The molecule has 1 atom stereocenters. The van der Waals surface area contributed by atoms with Gasteiger partial charge in [0.2, 0.25) is 11.9 Å². The van der Waals surface area contributed by atoms with E-state index in [0.717, 1.165) is 30.0 Å². The molecule has 0 aromatic carbocycles. The summed E-state index contributed by atoms with van der Waals surface area (Å²) >= 11 is 0. The number of halogens is 2. The number of hydrogen-bond donors (Lipinski definition) is 2. The number of nitrogens with one attached hydrogen (secondary N) is 2. The highest BCUT2D eigenvalue weighted by molar-refractivity contribution is 5.49. The minimum absolute atomic E-state index is 0.0782. The maximum Gasteiger partial charge on any atom is 0.248 e. The third kappa shape index (κ3) is 4.88. The molecule has 1 aliphatic heterocycles. The minimum atomic E-state index is -2.57. The summed E-state index contributed by atoms with van der Waals surface area (Å²) in [7, 11) is 0. The predicted octanol–water partition coefficient (Wildman–Crippen LogP) is 4.72.